The highest BCUT2D eigenvalue weighted by atomic mass is 16.8. The molecular weight excluding hydrogens is 1380 g/mol. The Labute approximate surface area is 586 Å². The van der Waals surface area contributed by atoms with Crippen LogP contribution in [0.4, 0.5) is 0 Å². The van der Waals surface area contributed by atoms with Gasteiger partial charge >= 0.3 is 0 Å². The normalized spacial score (nSPS) is 39.0. The number of rotatable bonds is 40. The molecule has 6 aliphatic rings. The highest BCUT2D eigenvalue weighted by Crippen LogP contribution is 2.34. The van der Waals surface area contributed by atoms with Crippen LogP contribution in [0.25, 0.3) is 0 Å². The summed E-state index contributed by atoms with van der Waals surface area (Å²) < 4.78 is 66.3. The van der Waals surface area contributed by atoms with Crippen LogP contribution in [-0.2, 0) is 80.8 Å². The molecule has 0 aliphatic carbocycles. The number of carbonyl (C=O) groups is 5. The largest absolute Gasteiger partial charge is 0.394 e. The summed E-state index contributed by atoms with van der Waals surface area (Å²) in [4.78, 5) is 60.3. The molecule has 25 N–H and O–H groups in total. The van der Waals surface area contributed by atoms with Gasteiger partial charge in [0.2, 0.25) is 11.8 Å². The zero-order chi connectivity index (χ0) is 75.7. The summed E-state index contributed by atoms with van der Waals surface area (Å²) in [6.07, 6.45) is -45.5. The Morgan fingerprint density at radius 3 is 1.17 bits per heavy atom. The van der Waals surface area contributed by atoms with Crippen molar-refractivity contribution in [3.8, 4) is 0 Å². The first-order chi connectivity index (χ1) is 48.5. The summed E-state index contributed by atoms with van der Waals surface area (Å²) in [7, 11) is 0. The van der Waals surface area contributed by atoms with Gasteiger partial charge in [-0.25, -0.2) is 5.43 Å². The number of ketones is 3. The van der Waals surface area contributed by atoms with Gasteiger partial charge in [-0.05, 0) is 52.0 Å². The average molecular weight is 1490 g/mol. The topological polar surface area (TPSA) is 663 Å². The molecule has 6 saturated heterocycles. The molecule has 6 heterocycles. The second-order valence-electron chi connectivity index (χ2n) is 25.6. The minimum atomic E-state index is -1.91. The summed E-state index contributed by atoms with van der Waals surface area (Å²) in [6.45, 7) is -0.971. The van der Waals surface area contributed by atoms with Gasteiger partial charge in [-0.1, -0.05) is 13.3 Å². The van der Waals surface area contributed by atoms with Crippen LogP contribution in [0.5, 0.6) is 0 Å². The lowest BCUT2D eigenvalue weighted by Gasteiger charge is -2.46. The van der Waals surface area contributed by atoms with E-state index in [1.165, 1.54) is 6.92 Å². The molecule has 6 fully saturated rings. The molecule has 41 heteroatoms. The van der Waals surface area contributed by atoms with E-state index in [0.717, 1.165) is 12.8 Å². The average Bonchev–Trinajstić information content (AvgIpc) is 0.792. The predicted octanol–water partition coefficient (Wildman–Crippen LogP) is -12.2. The number of hydrogen-bond donors (Lipinski definition) is 24. The van der Waals surface area contributed by atoms with Crippen molar-refractivity contribution in [2.75, 3.05) is 65.9 Å². The maximum absolute atomic E-state index is 12.4. The second kappa shape index (κ2) is 44.8. The van der Waals surface area contributed by atoms with Crippen LogP contribution < -0.4 is 21.9 Å². The number of hydrogen-bond acceptors (Lipinski definition) is 39. The van der Waals surface area contributed by atoms with Crippen LogP contribution in [0.1, 0.15) is 97.3 Å². The number of amides is 2. The van der Waals surface area contributed by atoms with E-state index in [0.29, 0.717) is 38.6 Å². The van der Waals surface area contributed by atoms with Gasteiger partial charge in [-0.3, -0.25) is 29.4 Å². The van der Waals surface area contributed by atoms with Crippen molar-refractivity contribution < 1.29 is 183 Å². The Morgan fingerprint density at radius 1 is 0.392 bits per heavy atom. The first kappa shape index (κ1) is 89.2. The molecule has 0 spiro atoms. The van der Waals surface area contributed by atoms with Crippen molar-refractivity contribution in [3.05, 3.63) is 0 Å². The van der Waals surface area contributed by atoms with Crippen LogP contribution in [0.2, 0.25) is 0 Å². The molecule has 0 aromatic rings. The van der Waals surface area contributed by atoms with Crippen molar-refractivity contribution in [2.24, 2.45) is 5.73 Å². The number of aliphatic hydroxyl groups excluding tert-OH is 20. The molecule has 0 aromatic carbocycles. The molecule has 0 unspecified atom stereocenters. The maximum Gasteiger partial charge on any atom is 0.234 e. The van der Waals surface area contributed by atoms with Crippen molar-refractivity contribution in [2.45, 2.75) is 288 Å². The number of aliphatic hydroxyl groups is 20. The van der Waals surface area contributed by atoms with Gasteiger partial charge in [0.05, 0.1) is 58.9 Å². The monoisotopic (exact) mass is 1490 g/mol. The number of carbonyl (C=O) groups excluding carboxylic acids is 5. The molecule has 31 atom stereocenters. The lowest BCUT2D eigenvalue weighted by atomic mass is 9.96. The minimum absolute atomic E-state index is 0.0167. The molecule has 0 saturated carbocycles. The van der Waals surface area contributed by atoms with Gasteiger partial charge in [0.1, 0.15) is 164 Å². The van der Waals surface area contributed by atoms with Gasteiger partial charge in [0.25, 0.3) is 0 Å². The molecule has 6 aliphatic heterocycles. The highest BCUT2D eigenvalue weighted by Gasteiger charge is 2.55. The van der Waals surface area contributed by atoms with E-state index in [2.05, 4.69) is 16.2 Å². The Hall–Kier alpha value is -3.41. The van der Waals surface area contributed by atoms with E-state index < -0.39 is 242 Å². The summed E-state index contributed by atoms with van der Waals surface area (Å²) in [5, 5.41) is 207. The SMILES string of the molecule is CC(=O)[C@H](CCCCN)NNC(=O)CCCC(=O)NCCO[C@H]1O[C@H](CO[C@H]2O[C@H](CO)[C@@H](O)[C@H](O)[C@@H]2O)[C@@H](O)[C@H](O[C@H]2O[C@H](CO)[C@@H](O)[C@H](O)[C@@H]2O)[C@H]1O.CCCC(=O)CCCC(=O)CCCO[C@H]1O[C@H](CO[C@H]2O[C@H](CO)[C@@H](O)[C@H](O)[C@@H]2O)[C@@H](O)[C@H](O[C@H]2O[C@H](CO)[C@@H](O)[C@H](O)[C@@H]2O)[C@H]1O. The summed E-state index contributed by atoms with van der Waals surface area (Å²) >= 11 is 0. The van der Waals surface area contributed by atoms with Gasteiger partial charge in [0.15, 0.2) is 37.7 Å². The summed E-state index contributed by atoms with van der Waals surface area (Å²) in [5.74, 6) is -0.997. The fourth-order valence-corrected chi connectivity index (χ4v) is 11.6. The molecule has 0 aromatic heterocycles. The van der Waals surface area contributed by atoms with E-state index in [1.54, 1.807) is 0 Å². The van der Waals surface area contributed by atoms with Crippen LogP contribution >= 0.6 is 0 Å². The quantitative estimate of drug-likeness (QED) is 0.0200. The molecule has 6 rings (SSSR count). The Morgan fingerprint density at radius 2 is 0.755 bits per heavy atom. The molecule has 0 bridgehead atoms. The van der Waals surface area contributed by atoms with Gasteiger partial charge in [-0.15, -0.1) is 0 Å². The van der Waals surface area contributed by atoms with E-state index in [9.17, 15) is 126 Å². The number of nitrogens with one attached hydrogen (secondary N) is 3. The van der Waals surface area contributed by atoms with E-state index in [-0.39, 0.29) is 75.6 Å². The highest BCUT2D eigenvalue weighted by molar-refractivity contribution is 5.83. The predicted molar refractivity (Wildman–Crippen MR) is 333 cm³/mol. The van der Waals surface area contributed by atoms with Crippen LogP contribution in [0.15, 0.2) is 0 Å². The molecule has 594 valence electrons. The number of hydrazine groups is 1. The van der Waals surface area contributed by atoms with Crippen molar-refractivity contribution in [1.82, 2.24) is 16.2 Å². The maximum atomic E-state index is 12.4. The fraction of sp³-hybridized carbons (Fsp3) is 0.918. The molecule has 41 nitrogen and oxygen atoms in total. The lowest BCUT2D eigenvalue weighted by Crippen LogP contribution is -2.65. The van der Waals surface area contributed by atoms with E-state index in [1.807, 2.05) is 6.92 Å². The minimum Gasteiger partial charge on any atom is -0.394 e. The molecular formula is C61H108N4O37. The number of nitrogens with two attached hydrogens (primary N) is 1. The number of Topliss-reactive ketones (excluding diaryl/α,β-unsaturated/α-hetero) is 3. The van der Waals surface area contributed by atoms with Crippen LogP contribution in [0.3, 0.4) is 0 Å². The zero-order valence-electron chi connectivity index (χ0n) is 56.6. The molecule has 2 amide bonds. The van der Waals surface area contributed by atoms with Crippen LogP contribution in [0, 0.1) is 0 Å². The van der Waals surface area contributed by atoms with Crippen molar-refractivity contribution >= 4 is 29.2 Å². The fourth-order valence-electron chi connectivity index (χ4n) is 11.6. The smallest absolute Gasteiger partial charge is 0.234 e. The van der Waals surface area contributed by atoms with Gasteiger partial charge in [-0.2, -0.15) is 0 Å². The van der Waals surface area contributed by atoms with E-state index >= 15 is 0 Å². The van der Waals surface area contributed by atoms with Crippen molar-refractivity contribution in [3.63, 3.8) is 0 Å². The first-order valence-electron chi connectivity index (χ1n) is 34.1. The van der Waals surface area contributed by atoms with Crippen molar-refractivity contribution in [1.29, 1.82) is 0 Å². The van der Waals surface area contributed by atoms with Gasteiger partial charge < -0.3 is 170 Å². The Bertz CT molecular complexity index is 2450. The third kappa shape index (κ3) is 25.6. The standard InChI is InChI=1S/C32H58N4O19.C29H50O18/c1-14(39)15(5-2-3-8-33)35-36-20(41)7-4-6-19(40)34-9-10-50-31-28(49)29(55-32-27(48)25(46)22(43)17(12-38)53-32)23(44)18(54-31)13-51-30-26(47)24(45)21(42)16(11-37)52-30;1-2-5-13(32)6-3-7-14(33)8-4-9-42-28-25(41)26(47-29-24(40)22(38)19(35)16(11-31)45-29)20(36)17(46-28)12-43-27-23(39)21(37)18(34)15(10-30)44-27/h15-18,21-32,35,37-38,42-49H,2-13,33H2,1H3,(H,34,40)(H,36,41);15-31,34-41H,2-12H2,1H3/t15-,16+,17+,18+,21+,22+,23+,24-,25-,26-,27-,28+,29-,30-,31-,32+;15-,16-,17-,18-,19-,20-,21+,22+,23+,24+,25-,26+,27+,28+,29-/m01/s1. The third-order valence-corrected chi connectivity index (χ3v) is 17.8. The number of unbranched alkanes of at least 4 members (excludes halogenated alkanes) is 1. The first-order valence-corrected chi connectivity index (χ1v) is 34.1. The van der Waals surface area contributed by atoms with Gasteiger partial charge in [0, 0.05) is 45.1 Å². The third-order valence-electron chi connectivity index (χ3n) is 17.8. The number of ether oxygens (including phenoxy) is 12. The summed E-state index contributed by atoms with van der Waals surface area (Å²) in [5.41, 5.74) is 10.6. The van der Waals surface area contributed by atoms with Crippen LogP contribution in [-0.4, -0.2) is 388 Å². The Balaban J connectivity index is 0.000000372. The summed E-state index contributed by atoms with van der Waals surface area (Å²) in [6, 6.07) is -0.562. The zero-order valence-corrected chi connectivity index (χ0v) is 56.6. The molecule has 102 heavy (non-hydrogen) atoms. The Kier molecular flexibility index (Phi) is 39.2. The lowest BCUT2D eigenvalue weighted by molar-refractivity contribution is -0.366. The second-order valence-corrected chi connectivity index (χ2v) is 25.6. The molecule has 0 radical (unpaired) electrons. The van der Waals surface area contributed by atoms with E-state index in [4.69, 9.17) is 62.6 Å².